The van der Waals surface area contributed by atoms with E-state index in [-0.39, 0.29) is 0 Å². The molecule has 0 aliphatic rings. The van der Waals surface area contributed by atoms with Crippen molar-refractivity contribution in [3.63, 3.8) is 0 Å². The van der Waals surface area contributed by atoms with E-state index in [0.29, 0.717) is 5.92 Å². The fourth-order valence-electron chi connectivity index (χ4n) is 2.89. The summed E-state index contributed by atoms with van der Waals surface area (Å²) in [6, 6.07) is 9.13. The molecule has 0 fully saturated rings. The second-order valence-corrected chi connectivity index (χ2v) is 6.33. The van der Waals surface area contributed by atoms with Gasteiger partial charge in [-0.25, -0.2) is 0 Å². The summed E-state index contributed by atoms with van der Waals surface area (Å²) in [5.41, 5.74) is 2.87. The molecule has 21 heavy (non-hydrogen) atoms. The van der Waals surface area contributed by atoms with Crippen LogP contribution in [-0.4, -0.2) is 13.1 Å². The summed E-state index contributed by atoms with van der Waals surface area (Å²) in [6.45, 7) is 8.83. The Bertz CT molecular complexity index is 341. The van der Waals surface area contributed by atoms with Gasteiger partial charge in [0.15, 0.2) is 0 Å². The summed E-state index contributed by atoms with van der Waals surface area (Å²) in [7, 11) is 0. The lowest BCUT2D eigenvalue weighted by Crippen LogP contribution is -2.21. The van der Waals surface area contributed by atoms with Gasteiger partial charge in [0.25, 0.3) is 0 Å². The van der Waals surface area contributed by atoms with Crippen LogP contribution in [0.1, 0.15) is 82.3 Å². The molecule has 1 rings (SSSR count). The Hall–Kier alpha value is -0.820. The molecular weight excluding hydrogens is 254 g/mol. The van der Waals surface area contributed by atoms with Crippen LogP contribution in [0, 0.1) is 6.92 Å². The third-order valence-electron chi connectivity index (χ3n) is 4.35. The number of aryl methyl sites for hydroxylation is 1. The minimum Gasteiger partial charge on any atom is -0.316 e. The quantitative estimate of drug-likeness (QED) is 0.477. The van der Waals surface area contributed by atoms with Crippen molar-refractivity contribution >= 4 is 0 Å². The van der Waals surface area contributed by atoms with Crippen LogP contribution in [0.25, 0.3) is 0 Å². The molecule has 0 saturated carbocycles. The fraction of sp³-hybridized carbons (Fsp3) is 0.700. The van der Waals surface area contributed by atoms with Crippen LogP contribution in [0.2, 0.25) is 0 Å². The van der Waals surface area contributed by atoms with E-state index in [1.54, 1.807) is 0 Å². The Morgan fingerprint density at radius 1 is 0.857 bits per heavy atom. The van der Waals surface area contributed by atoms with E-state index in [9.17, 15) is 0 Å². The molecule has 0 aliphatic heterocycles. The van der Waals surface area contributed by atoms with E-state index in [1.165, 1.54) is 62.5 Å². The fourth-order valence-corrected chi connectivity index (χ4v) is 2.89. The number of unbranched alkanes of at least 4 members (excludes halogenated alkanes) is 6. The Morgan fingerprint density at radius 2 is 1.48 bits per heavy atom. The monoisotopic (exact) mass is 289 g/mol. The lowest BCUT2D eigenvalue weighted by molar-refractivity contribution is 0.510. The first-order valence-corrected chi connectivity index (χ1v) is 9.05. The lowest BCUT2D eigenvalue weighted by atomic mass is 9.92. The molecule has 1 N–H and O–H groups in total. The highest BCUT2D eigenvalue weighted by Crippen LogP contribution is 2.23. The summed E-state index contributed by atoms with van der Waals surface area (Å²) in [4.78, 5) is 0. The number of hydrogen-bond acceptors (Lipinski definition) is 1. The van der Waals surface area contributed by atoms with E-state index in [0.717, 1.165) is 13.1 Å². The van der Waals surface area contributed by atoms with E-state index in [1.807, 2.05) is 0 Å². The number of rotatable bonds is 12. The van der Waals surface area contributed by atoms with Gasteiger partial charge in [0.1, 0.15) is 0 Å². The Kier molecular flexibility index (Phi) is 10.2. The molecule has 1 aromatic carbocycles. The van der Waals surface area contributed by atoms with Crippen molar-refractivity contribution in [1.29, 1.82) is 0 Å². The summed E-state index contributed by atoms with van der Waals surface area (Å²) in [5, 5.41) is 3.53. The molecule has 0 heterocycles. The molecule has 1 unspecified atom stereocenters. The summed E-state index contributed by atoms with van der Waals surface area (Å²) in [5.74, 6) is 0.682. The Labute approximate surface area is 132 Å². The largest absolute Gasteiger partial charge is 0.316 e. The van der Waals surface area contributed by atoms with Gasteiger partial charge < -0.3 is 5.32 Å². The minimum absolute atomic E-state index is 0.682. The van der Waals surface area contributed by atoms with Crippen LogP contribution in [0.15, 0.2) is 24.3 Å². The van der Waals surface area contributed by atoms with Gasteiger partial charge in [0.2, 0.25) is 0 Å². The molecule has 0 aliphatic carbocycles. The maximum absolute atomic E-state index is 3.53. The zero-order chi connectivity index (χ0) is 15.3. The molecule has 0 bridgehead atoms. The third kappa shape index (κ3) is 8.26. The highest BCUT2D eigenvalue weighted by atomic mass is 14.8. The van der Waals surface area contributed by atoms with Crippen molar-refractivity contribution < 1.29 is 0 Å². The van der Waals surface area contributed by atoms with Gasteiger partial charge >= 0.3 is 0 Å². The molecule has 1 nitrogen and oxygen atoms in total. The van der Waals surface area contributed by atoms with Crippen molar-refractivity contribution in [3.8, 4) is 0 Å². The first kappa shape index (κ1) is 18.2. The van der Waals surface area contributed by atoms with Crippen LogP contribution in [0.5, 0.6) is 0 Å². The summed E-state index contributed by atoms with van der Waals surface area (Å²) in [6.07, 6.45) is 11.1. The SMILES string of the molecule is CCCCCCCCCC(CNCC)c1ccc(C)cc1. The van der Waals surface area contributed by atoms with Gasteiger partial charge in [-0.3, -0.25) is 0 Å². The summed E-state index contributed by atoms with van der Waals surface area (Å²) < 4.78 is 0. The van der Waals surface area contributed by atoms with Gasteiger partial charge in [0.05, 0.1) is 0 Å². The first-order valence-electron chi connectivity index (χ1n) is 9.05. The smallest absolute Gasteiger partial charge is 0.00200 e. The van der Waals surface area contributed by atoms with Crippen molar-refractivity contribution in [1.82, 2.24) is 5.32 Å². The van der Waals surface area contributed by atoms with Gasteiger partial charge in [-0.1, -0.05) is 88.6 Å². The molecule has 1 atom stereocenters. The van der Waals surface area contributed by atoms with Crippen LogP contribution < -0.4 is 5.32 Å². The lowest BCUT2D eigenvalue weighted by Gasteiger charge is -2.18. The molecule has 1 aromatic rings. The topological polar surface area (TPSA) is 12.0 Å². The highest BCUT2D eigenvalue weighted by Gasteiger charge is 2.10. The zero-order valence-corrected chi connectivity index (χ0v) is 14.5. The molecule has 0 spiro atoms. The van der Waals surface area contributed by atoms with Crippen LogP contribution >= 0.6 is 0 Å². The van der Waals surface area contributed by atoms with E-state index < -0.39 is 0 Å². The Balaban J connectivity index is 2.31. The highest BCUT2D eigenvalue weighted by molar-refractivity contribution is 5.24. The van der Waals surface area contributed by atoms with E-state index in [4.69, 9.17) is 0 Å². The maximum atomic E-state index is 3.53. The molecule has 120 valence electrons. The minimum atomic E-state index is 0.682. The molecule has 1 heteroatoms. The number of nitrogens with one attached hydrogen (secondary N) is 1. The van der Waals surface area contributed by atoms with Gasteiger partial charge in [-0.2, -0.15) is 0 Å². The Morgan fingerprint density at radius 3 is 2.10 bits per heavy atom. The average molecular weight is 290 g/mol. The number of likely N-dealkylation sites (N-methyl/N-ethyl adjacent to an activating group) is 1. The second-order valence-electron chi connectivity index (χ2n) is 6.33. The second kappa shape index (κ2) is 11.8. The first-order chi connectivity index (χ1) is 10.3. The molecule has 0 saturated heterocycles. The maximum Gasteiger partial charge on any atom is 0.00200 e. The van der Waals surface area contributed by atoms with Gasteiger partial charge in [0, 0.05) is 6.54 Å². The number of benzene rings is 1. The van der Waals surface area contributed by atoms with Gasteiger partial charge in [-0.05, 0) is 31.4 Å². The molecule has 0 radical (unpaired) electrons. The normalized spacial score (nSPS) is 12.5. The van der Waals surface area contributed by atoms with E-state index in [2.05, 4.69) is 50.4 Å². The van der Waals surface area contributed by atoms with Crippen LogP contribution in [0.4, 0.5) is 0 Å². The zero-order valence-electron chi connectivity index (χ0n) is 14.5. The van der Waals surface area contributed by atoms with Crippen molar-refractivity contribution in [3.05, 3.63) is 35.4 Å². The average Bonchev–Trinajstić information content (AvgIpc) is 2.50. The van der Waals surface area contributed by atoms with Crippen LogP contribution in [0.3, 0.4) is 0 Å². The number of hydrogen-bond donors (Lipinski definition) is 1. The van der Waals surface area contributed by atoms with Crippen molar-refractivity contribution in [2.45, 2.75) is 78.1 Å². The van der Waals surface area contributed by atoms with E-state index >= 15 is 0 Å². The standard InChI is InChI=1S/C20H35N/c1-4-6-7-8-9-10-11-12-20(17-21-5-2)19-15-13-18(3)14-16-19/h13-16,20-21H,4-12,17H2,1-3H3. The predicted octanol–water partition coefficient (Wildman–Crippen LogP) is 5.83. The predicted molar refractivity (Wildman–Crippen MR) is 95.1 cm³/mol. The van der Waals surface area contributed by atoms with Crippen molar-refractivity contribution in [2.75, 3.05) is 13.1 Å². The summed E-state index contributed by atoms with van der Waals surface area (Å²) >= 11 is 0. The van der Waals surface area contributed by atoms with Crippen molar-refractivity contribution in [2.24, 2.45) is 0 Å². The molecular formula is C20H35N. The van der Waals surface area contributed by atoms with Gasteiger partial charge in [-0.15, -0.1) is 0 Å². The third-order valence-corrected chi connectivity index (χ3v) is 4.35. The molecule has 0 aromatic heterocycles. The van der Waals surface area contributed by atoms with Crippen LogP contribution in [-0.2, 0) is 0 Å². The molecule has 0 amide bonds.